The fourth-order valence-corrected chi connectivity index (χ4v) is 6.81. The number of anilines is 2. The molecule has 0 bridgehead atoms. The van der Waals surface area contributed by atoms with Crippen molar-refractivity contribution < 1.29 is 18.3 Å². The van der Waals surface area contributed by atoms with Gasteiger partial charge in [-0.3, -0.25) is 4.79 Å². The van der Waals surface area contributed by atoms with E-state index in [9.17, 15) is 4.79 Å². The first kappa shape index (κ1) is 19.5. The number of fused-ring (bicyclic) bond motifs is 3. The van der Waals surface area contributed by atoms with Crippen LogP contribution in [0.15, 0.2) is 18.2 Å². The zero-order valence-electron chi connectivity index (χ0n) is 17.7. The average Bonchev–Trinajstić information content (AvgIpc) is 3.06. The van der Waals surface area contributed by atoms with Crippen LogP contribution in [-0.4, -0.2) is 48.2 Å². The van der Waals surface area contributed by atoms with Crippen LogP contribution in [0.4, 0.5) is 20.2 Å². The van der Waals surface area contributed by atoms with Gasteiger partial charge in [0.25, 0.3) is 5.91 Å². The number of rotatable bonds is 3. The van der Waals surface area contributed by atoms with Crippen LogP contribution in [0.25, 0.3) is 10.2 Å². The predicted molar refractivity (Wildman–Crippen MR) is 121 cm³/mol. The molecule has 3 fully saturated rings. The number of nitrogen functional groups attached to an aromatic ring is 1. The van der Waals surface area contributed by atoms with Gasteiger partial charge in [-0.15, -0.1) is 11.3 Å². The van der Waals surface area contributed by atoms with Crippen LogP contribution < -0.4 is 26.0 Å². The Morgan fingerprint density at radius 1 is 1.36 bits per heavy atom. The molecular weight excluding hydrogens is 448 g/mol. The first-order valence-electron chi connectivity index (χ1n) is 11.0. The van der Waals surface area contributed by atoms with Gasteiger partial charge < -0.3 is 26.0 Å². The molecule has 170 valence electrons. The van der Waals surface area contributed by atoms with Crippen molar-refractivity contribution in [3.8, 4) is 5.75 Å². The van der Waals surface area contributed by atoms with E-state index in [4.69, 9.17) is 10.5 Å². The molecule has 1 aliphatic carbocycles. The van der Waals surface area contributed by atoms with Crippen LogP contribution in [0.5, 0.6) is 5.75 Å². The minimum atomic E-state index is -0.893. The number of thiophene rings is 1. The summed E-state index contributed by atoms with van der Waals surface area (Å²) in [6.07, 6.45) is 0.145. The van der Waals surface area contributed by atoms with E-state index in [1.807, 2.05) is 24.0 Å². The number of hydrogen-bond acceptors (Lipinski definition) is 7. The number of aromatic nitrogens is 1. The maximum Gasteiger partial charge on any atom is 0.263 e. The Kier molecular flexibility index (Phi) is 3.86. The topological polar surface area (TPSA) is 92.5 Å². The Morgan fingerprint density at radius 2 is 2.21 bits per heavy atom. The van der Waals surface area contributed by atoms with Crippen molar-refractivity contribution in [1.29, 1.82) is 0 Å². The van der Waals surface area contributed by atoms with E-state index in [1.165, 1.54) is 11.3 Å². The Morgan fingerprint density at radius 3 is 2.97 bits per heavy atom. The first-order chi connectivity index (χ1) is 15.9. The number of amides is 1. The maximum absolute atomic E-state index is 15.1. The van der Waals surface area contributed by atoms with Crippen molar-refractivity contribution >= 4 is 38.8 Å². The molecule has 7 nitrogen and oxygen atoms in total. The normalized spacial score (nSPS) is 28.7. The summed E-state index contributed by atoms with van der Waals surface area (Å²) in [6, 6.07) is 5.70. The van der Waals surface area contributed by atoms with E-state index >= 15 is 8.78 Å². The van der Waals surface area contributed by atoms with Gasteiger partial charge in [0.15, 0.2) is 11.6 Å². The van der Waals surface area contributed by atoms with Crippen LogP contribution in [0.1, 0.15) is 20.9 Å². The minimum absolute atomic E-state index is 0.145. The van der Waals surface area contributed by atoms with Crippen LogP contribution in [-0.2, 0) is 6.42 Å². The maximum atomic E-state index is 15.1. The number of piperidine rings is 1. The van der Waals surface area contributed by atoms with E-state index < -0.39 is 17.7 Å². The van der Waals surface area contributed by atoms with Crippen LogP contribution in [0, 0.1) is 24.5 Å². The molecule has 33 heavy (non-hydrogen) atoms. The number of ether oxygens (including phenoxy) is 1. The summed E-state index contributed by atoms with van der Waals surface area (Å²) >= 11 is 1.22. The summed E-state index contributed by atoms with van der Waals surface area (Å²) in [5.74, 6) is -1.19. The molecule has 2 aromatic heterocycles. The van der Waals surface area contributed by atoms with Crippen molar-refractivity contribution in [1.82, 2.24) is 15.6 Å². The van der Waals surface area contributed by atoms with E-state index in [-0.39, 0.29) is 42.3 Å². The average molecular weight is 470 g/mol. The number of benzene rings is 1. The lowest BCUT2D eigenvalue weighted by Gasteiger charge is -2.43. The van der Waals surface area contributed by atoms with E-state index in [2.05, 4.69) is 15.6 Å². The molecule has 7 rings (SSSR count). The number of carbonyl (C=O) groups excluding carboxylic acids is 1. The molecule has 1 amide bonds. The van der Waals surface area contributed by atoms with Gasteiger partial charge >= 0.3 is 0 Å². The summed E-state index contributed by atoms with van der Waals surface area (Å²) in [5, 5.41) is 7.00. The van der Waals surface area contributed by atoms with Crippen molar-refractivity contribution in [2.75, 3.05) is 23.8 Å². The number of hydrogen-bond donors (Lipinski definition) is 3. The number of aryl methyl sites for hydroxylation is 1. The molecule has 4 aliphatic rings. The highest BCUT2D eigenvalue weighted by Gasteiger charge is 2.72. The summed E-state index contributed by atoms with van der Waals surface area (Å²) < 4.78 is 35.9. The molecule has 1 aromatic carbocycles. The largest absolute Gasteiger partial charge is 0.491 e. The number of nitrogens with zero attached hydrogens (tertiary/aromatic N) is 2. The fourth-order valence-electron chi connectivity index (χ4n) is 5.77. The molecule has 0 radical (unpaired) electrons. The minimum Gasteiger partial charge on any atom is -0.491 e. The fraction of sp³-hybridized carbons (Fsp3) is 0.391. The molecule has 4 N–H and O–H groups in total. The molecule has 0 spiro atoms. The summed E-state index contributed by atoms with van der Waals surface area (Å²) in [6.45, 7) is 2.84. The number of nitrogens with one attached hydrogen (secondary N) is 2. The second-order valence-electron chi connectivity index (χ2n) is 9.31. The second kappa shape index (κ2) is 6.54. The summed E-state index contributed by atoms with van der Waals surface area (Å²) in [4.78, 5) is 20.4. The van der Waals surface area contributed by atoms with Crippen LogP contribution >= 0.6 is 11.3 Å². The summed E-state index contributed by atoms with van der Waals surface area (Å²) in [5.41, 5.74) is 7.83. The van der Waals surface area contributed by atoms with Crippen LogP contribution in [0.3, 0.4) is 0 Å². The second-order valence-corrected chi connectivity index (χ2v) is 10.3. The van der Waals surface area contributed by atoms with Gasteiger partial charge in [0.05, 0.1) is 23.5 Å². The zero-order chi connectivity index (χ0) is 22.6. The number of carbonyl (C=O) groups is 1. The molecule has 2 unspecified atom stereocenters. The van der Waals surface area contributed by atoms with Crippen molar-refractivity contribution in [3.63, 3.8) is 0 Å². The Balaban J connectivity index is 1.13. The Hall–Kier alpha value is -2.98. The lowest BCUT2D eigenvalue weighted by molar-refractivity contribution is 0.0919. The highest BCUT2D eigenvalue weighted by molar-refractivity contribution is 7.21. The zero-order valence-corrected chi connectivity index (χ0v) is 18.5. The van der Waals surface area contributed by atoms with Gasteiger partial charge in [0.2, 0.25) is 0 Å². The van der Waals surface area contributed by atoms with Gasteiger partial charge in [-0.2, -0.15) is 0 Å². The van der Waals surface area contributed by atoms with Crippen molar-refractivity contribution in [3.05, 3.63) is 46.0 Å². The number of piperazine rings is 1. The lowest BCUT2D eigenvalue weighted by Crippen LogP contribution is -2.56. The molecule has 3 aromatic rings. The van der Waals surface area contributed by atoms with E-state index in [1.54, 1.807) is 6.07 Å². The number of halogens is 2. The van der Waals surface area contributed by atoms with Crippen molar-refractivity contribution in [2.45, 2.75) is 37.5 Å². The standard InChI is InChI=1S/C23H21F2N5O2S/c1-8-2-3-10-18(26)21(33-23(10)28-8)22(31)29-9-4-11-14(32-7-9)5-12(17(25)16(11)24)30-13-6-27-19-15(13)20(19)30/h2-3,5,9,13,15,19-20,27H,4,6-7,26H2,1H3,(H,29,31)/t9-,13-,15?,19+,20?/m1/s1. The lowest BCUT2D eigenvalue weighted by atomic mass is 9.97. The first-order valence-corrected chi connectivity index (χ1v) is 11.9. The van der Waals surface area contributed by atoms with Crippen LogP contribution in [0.2, 0.25) is 0 Å². The smallest absolute Gasteiger partial charge is 0.263 e. The molecule has 1 saturated carbocycles. The van der Waals surface area contributed by atoms with Gasteiger partial charge in [-0.1, -0.05) is 0 Å². The number of nitrogens with two attached hydrogens (primary N) is 1. The molecule has 2 saturated heterocycles. The Bertz CT molecular complexity index is 1360. The van der Waals surface area contributed by atoms with Gasteiger partial charge in [-0.05, 0) is 19.1 Å². The molecule has 5 atom stereocenters. The third-order valence-corrected chi connectivity index (χ3v) is 8.53. The van der Waals surface area contributed by atoms with Gasteiger partial charge in [0, 0.05) is 53.7 Å². The number of pyridine rings is 1. The van der Waals surface area contributed by atoms with Gasteiger partial charge in [-0.25, -0.2) is 13.8 Å². The van der Waals surface area contributed by atoms with E-state index in [0.29, 0.717) is 33.1 Å². The Labute approximate surface area is 191 Å². The highest BCUT2D eigenvalue weighted by atomic mass is 32.1. The monoisotopic (exact) mass is 469 g/mol. The molecular formula is C23H21F2N5O2S. The van der Waals surface area contributed by atoms with E-state index in [0.717, 1.165) is 17.6 Å². The highest BCUT2D eigenvalue weighted by Crippen LogP contribution is 2.58. The quantitative estimate of drug-likeness (QED) is 0.546. The summed E-state index contributed by atoms with van der Waals surface area (Å²) in [7, 11) is 0. The SMILES string of the molecule is Cc1ccc2c(N)c(C(=O)N[C@H]3COc4cc(N5C6C7[C@@H]6NC[C@H]75)c(F)c(F)c4C3)sc2n1. The third kappa shape index (κ3) is 2.61. The predicted octanol–water partition coefficient (Wildman–Crippen LogP) is 2.36. The molecule has 5 heterocycles. The third-order valence-electron chi connectivity index (χ3n) is 7.41. The molecule has 10 heteroatoms. The van der Waals surface area contributed by atoms with Crippen molar-refractivity contribution in [2.24, 2.45) is 5.92 Å². The molecule has 3 aliphatic heterocycles. The van der Waals surface area contributed by atoms with Gasteiger partial charge in [0.1, 0.15) is 22.1 Å².